The largest absolute Gasteiger partial charge is 0.322 e. The first kappa shape index (κ1) is 15.5. The average molecular weight is 348 g/mol. The maximum absolute atomic E-state index is 13.2. The van der Waals surface area contributed by atoms with Gasteiger partial charge < -0.3 is 5.32 Å². The van der Waals surface area contributed by atoms with E-state index in [1.54, 1.807) is 17.4 Å². The third kappa shape index (κ3) is 3.27. The molecule has 0 aliphatic rings. The highest BCUT2D eigenvalue weighted by atomic mass is 32.1. The second-order valence-corrected chi connectivity index (χ2v) is 6.56. The normalized spacial score (nSPS) is 10.8. The zero-order valence-corrected chi connectivity index (χ0v) is 13.9. The maximum atomic E-state index is 13.2. The van der Waals surface area contributed by atoms with Gasteiger partial charge in [-0.2, -0.15) is 0 Å². The summed E-state index contributed by atoms with van der Waals surface area (Å²) in [7, 11) is 0. The minimum absolute atomic E-state index is 0.287. The summed E-state index contributed by atoms with van der Waals surface area (Å²) < 4.78 is 14.3. The van der Waals surface area contributed by atoms with Gasteiger partial charge in [0.15, 0.2) is 0 Å². The lowest BCUT2D eigenvalue weighted by Crippen LogP contribution is -2.11. The molecule has 1 N–H and O–H groups in total. The van der Waals surface area contributed by atoms with E-state index in [1.165, 1.54) is 18.2 Å². The molecule has 0 spiro atoms. The Kier molecular flexibility index (Phi) is 3.99. The van der Waals surface area contributed by atoms with Crippen LogP contribution in [0.5, 0.6) is 0 Å². The third-order valence-electron chi connectivity index (χ3n) is 3.77. The van der Waals surface area contributed by atoms with E-state index in [1.807, 2.05) is 48.5 Å². The maximum Gasteiger partial charge on any atom is 0.255 e. The van der Waals surface area contributed by atoms with Gasteiger partial charge in [0.05, 0.1) is 10.2 Å². The molecular weight excluding hydrogens is 335 g/mol. The van der Waals surface area contributed by atoms with Crippen molar-refractivity contribution in [1.29, 1.82) is 0 Å². The van der Waals surface area contributed by atoms with Crippen LogP contribution in [0.2, 0.25) is 0 Å². The molecule has 0 atom stereocenters. The van der Waals surface area contributed by atoms with Crippen LogP contribution in [0.25, 0.3) is 20.8 Å². The Morgan fingerprint density at radius 2 is 1.76 bits per heavy atom. The second kappa shape index (κ2) is 6.45. The number of fused-ring (bicyclic) bond motifs is 1. The standard InChI is InChI=1S/C20H13FN2OS/c21-15-5-3-4-14(12-15)19(24)22-16-10-8-13(9-11-16)20-23-17-6-1-2-7-18(17)25-20/h1-12H,(H,22,24). The molecule has 4 rings (SSSR count). The van der Waals surface area contributed by atoms with E-state index in [-0.39, 0.29) is 11.5 Å². The molecule has 0 radical (unpaired) electrons. The molecule has 1 amide bonds. The highest BCUT2D eigenvalue weighted by molar-refractivity contribution is 7.21. The molecule has 0 saturated carbocycles. The van der Waals surface area contributed by atoms with Gasteiger partial charge >= 0.3 is 0 Å². The van der Waals surface area contributed by atoms with Crippen molar-refractivity contribution in [2.75, 3.05) is 5.32 Å². The first-order valence-corrected chi connectivity index (χ1v) is 8.54. The van der Waals surface area contributed by atoms with Crippen molar-refractivity contribution in [2.45, 2.75) is 0 Å². The number of benzene rings is 3. The SMILES string of the molecule is O=C(Nc1ccc(-c2nc3ccccc3s2)cc1)c1cccc(F)c1. The highest BCUT2D eigenvalue weighted by Crippen LogP contribution is 2.30. The van der Waals surface area contributed by atoms with Gasteiger partial charge in [0.25, 0.3) is 5.91 Å². The summed E-state index contributed by atoms with van der Waals surface area (Å²) in [6.07, 6.45) is 0. The number of carbonyl (C=O) groups is 1. The number of nitrogens with zero attached hydrogens (tertiary/aromatic N) is 1. The molecule has 1 heterocycles. The van der Waals surface area contributed by atoms with Crippen molar-refractivity contribution in [3.05, 3.63) is 84.2 Å². The summed E-state index contributed by atoms with van der Waals surface area (Å²) >= 11 is 1.63. The number of nitrogens with one attached hydrogen (secondary N) is 1. The Morgan fingerprint density at radius 3 is 2.52 bits per heavy atom. The number of thiazole rings is 1. The smallest absolute Gasteiger partial charge is 0.255 e. The van der Waals surface area contributed by atoms with E-state index >= 15 is 0 Å². The summed E-state index contributed by atoms with van der Waals surface area (Å²) in [4.78, 5) is 16.8. The number of rotatable bonds is 3. The van der Waals surface area contributed by atoms with Gasteiger partial charge in [-0.05, 0) is 54.6 Å². The monoisotopic (exact) mass is 348 g/mol. The van der Waals surface area contributed by atoms with Crippen molar-refractivity contribution >= 4 is 33.1 Å². The zero-order chi connectivity index (χ0) is 17.2. The highest BCUT2D eigenvalue weighted by Gasteiger charge is 2.09. The van der Waals surface area contributed by atoms with Gasteiger partial charge in [-0.15, -0.1) is 11.3 Å². The Hall–Kier alpha value is -3.05. The topological polar surface area (TPSA) is 42.0 Å². The molecule has 5 heteroatoms. The molecule has 0 bridgehead atoms. The van der Waals surface area contributed by atoms with Crippen LogP contribution in [0.3, 0.4) is 0 Å². The molecular formula is C20H13FN2OS. The summed E-state index contributed by atoms with van der Waals surface area (Å²) in [5.74, 6) is -0.772. The number of hydrogen-bond acceptors (Lipinski definition) is 3. The summed E-state index contributed by atoms with van der Waals surface area (Å²) in [6, 6.07) is 21.1. The fraction of sp³-hybridized carbons (Fsp3) is 0. The summed E-state index contributed by atoms with van der Waals surface area (Å²) in [6.45, 7) is 0. The van der Waals surface area contributed by atoms with Gasteiger partial charge in [0, 0.05) is 16.8 Å². The van der Waals surface area contributed by atoms with Crippen LogP contribution in [0.4, 0.5) is 10.1 Å². The second-order valence-electron chi connectivity index (χ2n) is 5.53. The van der Waals surface area contributed by atoms with E-state index in [9.17, 15) is 9.18 Å². The summed E-state index contributed by atoms with van der Waals surface area (Å²) in [5, 5.41) is 3.70. The number of halogens is 1. The van der Waals surface area contributed by atoms with E-state index < -0.39 is 5.82 Å². The van der Waals surface area contributed by atoms with Crippen LogP contribution in [0, 0.1) is 5.82 Å². The lowest BCUT2D eigenvalue weighted by molar-refractivity contribution is 0.102. The van der Waals surface area contributed by atoms with Crippen LogP contribution < -0.4 is 5.32 Å². The molecule has 0 unspecified atom stereocenters. The fourth-order valence-electron chi connectivity index (χ4n) is 2.52. The van der Waals surface area contributed by atoms with Gasteiger partial charge in [-0.1, -0.05) is 18.2 Å². The van der Waals surface area contributed by atoms with Crippen molar-refractivity contribution in [1.82, 2.24) is 4.98 Å². The number of carbonyl (C=O) groups excluding carboxylic acids is 1. The van der Waals surface area contributed by atoms with Crippen molar-refractivity contribution in [2.24, 2.45) is 0 Å². The summed E-state index contributed by atoms with van der Waals surface area (Å²) in [5.41, 5.74) is 2.91. The number of hydrogen-bond donors (Lipinski definition) is 1. The van der Waals surface area contributed by atoms with Crippen LogP contribution in [-0.4, -0.2) is 10.9 Å². The predicted octanol–water partition coefficient (Wildman–Crippen LogP) is 5.35. The van der Waals surface area contributed by atoms with Gasteiger partial charge in [0.2, 0.25) is 0 Å². The quantitative estimate of drug-likeness (QED) is 0.542. The average Bonchev–Trinajstić information content (AvgIpc) is 3.06. The predicted molar refractivity (Wildman–Crippen MR) is 99.4 cm³/mol. The fourth-order valence-corrected chi connectivity index (χ4v) is 3.50. The Morgan fingerprint density at radius 1 is 0.960 bits per heavy atom. The van der Waals surface area contributed by atoms with Crippen LogP contribution in [0.15, 0.2) is 72.8 Å². The number of para-hydroxylation sites is 1. The lowest BCUT2D eigenvalue weighted by Gasteiger charge is -2.06. The minimum Gasteiger partial charge on any atom is -0.322 e. The minimum atomic E-state index is -0.432. The molecule has 122 valence electrons. The molecule has 25 heavy (non-hydrogen) atoms. The lowest BCUT2D eigenvalue weighted by atomic mass is 10.2. The molecule has 1 aromatic heterocycles. The van der Waals surface area contributed by atoms with Gasteiger partial charge in [-0.25, -0.2) is 9.37 Å². The Labute approximate surface area is 147 Å². The first-order chi connectivity index (χ1) is 12.2. The molecule has 0 fully saturated rings. The molecule has 3 nitrogen and oxygen atoms in total. The molecule has 0 saturated heterocycles. The molecule has 0 aliphatic carbocycles. The molecule has 4 aromatic rings. The van der Waals surface area contributed by atoms with Crippen molar-refractivity contribution in [3.8, 4) is 10.6 Å². The van der Waals surface area contributed by atoms with Gasteiger partial charge in [0.1, 0.15) is 10.8 Å². The van der Waals surface area contributed by atoms with Crippen molar-refractivity contribution in [3.63, 3.8) is 0 Å². The van der Waals surface area contributed by atoms with Gasteiger partial charge in [-0.3, -0.25) is 4.79 Å². The molecule has 3 aromatic carbocycles. The van der Waals surface area contributed by atoms with Crippen LogP contribution >= 0.6 is 11.3 Å². The van der Waals surface area contributed by atoms with E-state index in [2.05, 4.69) is 10.3 Å². The van der Waals surface area contributed by atoms with Crippen LogP contribution in [0.1, 0.15) is 10.4 Å². The van der Waals surface area contributed by atoms with Crippen molar-refractivity contribution < 1.29 is 9.18 Å². The first-order valence-electron chi connectivity index (χ1n) is 7.72. The van der Waals surface area contributed by atoms with E-state index in [4.69, 9.17) is 0 Å². The Balaban J connectivity index is 1.54. The third-order valence-corrected chi connectivity index (χ3v) is 4.86. The number of amides is 1. The Bertz CT molecular complexity index is 1020. The van der Waals surface area contributed by atoms with Crippen LogP contribution in [-0.2, 0) is 0 Å². The van der Waals surface area contributed by atoms with E-state index in [0.717, 1.165) is 20.8 Å². The van der Waals surface area contributed by atoms with E-state index in [0.29, 0.717) is 5.69 Å². The molecule has 0 aliphatic heterocycles. The number of anilines is 1. The number of aromatic nitrogens is 1. The zero-order valence-electron chi connectivity index (χ0n) is 13.1.